The van der Waals surface area contributed by atoms with Crippen molar-refractivity contribution >= 4 is 29.5 Å². The smallest absolute Gasteiger partial charge is 0.335 e. The first-order chi connectivity index (χ1) is 21.3. The molecule has 4 atom stereocenters. The number of aromatic carboxylic acids is 1. The number of carboxylic acid groups (broad SMARTS) is 1. The molecule has 224 valence electrons. The number of carbonyl (C=O) groups excluding carboxylic acids is 2. The third-order valence-corrected chi connectivity index (χ3v) is 9.21. The molecule has 44 heavy (non-hydrogen) atoms. The standard InChI is InChI=1S/C35H31NO7S/c1-21-30(20-44-27-16-14-25(15-17-27)34(40)41)42-35(43-31(21)24-10-8-23(19-37)9-11-24)26-12-6-22(7-13-26)18-36-32(38)28-4-2-3-5-29(28)33(36)39/h2-17,21,30-31,35,37H,18-20H2,1H3,(H,40,41). The fourth-order valence-corrected chi connectivity index (χ4v) is 6.59. The van der Waals surface area contributed by atoms with Crippen molar-refractivity contribution in [1.29, 1.82) is 0 Å². The Morgan fingerprint density at radius 3 is 1.98 bits per heavy atom. The van der Waals surface area contributed by atoms with Gasteiger partial charge in [0.25, 0.3) is 11.8 Å². The van der Waals surface area contributed by atoms with E-state index < -0.39 is 12.3 Å². The second-order valence-electron chi connectivity index (χ2n) is 10.9. The Hall–Kier alpha value is -4.28. The number of carboxylic acids is 1. The van der Waals surface area contributed by atoms with Crippen LogP contribution in [0.25, 0.3) is 0 Å². The minimum Gasteiger partial charge on any atom is -0.478 e. The number of imide groups is 1. The van der Waals surface area contributed by atoms with Crippen molar-refractivity contribution in [3.05, 3.63) is 136 Å². The molecule has 0 spiro atoms. The molecule has 1 saturated heterocycles. The second kappa shape index (κ2) is 12.8. The Morgan fingerprint density at radius 2 is 1.39 bits per heavy atom. The molecule has 2 aliphatic rings. The summed E-state index contributed by atoms with van der Waals surface area (Å²) in [7, 11) is 0. The number of hydrogen-bond donors (Lipinski definition) is 2. The van der Waals surface area contributed by atoms with Crippen LogP contribution in [0.4, 0.5) is 0 Å². The molecule has 9 heteroatoms. The monoisotopic (exact) mass is 609 g/mol. The van der Waals surface area contributed by atoms with Gasteiger partial charge in [0.2, 0.25) is 0 Å². The molecule has 0 aromatic heterocycles. The highest BCUT2D eigenvalue weighted by molar-refractivity contribution is 7.99. The van der Waals surface area contributed by atoms with E-state index >= 15 is 0 Å². The van der Waals surface area contributed by atoms with Gasteiger partial charge in [0.05, 0.1) is 42.0 Å². The minimum atomic E-state index is -0.962. The van der Waals surface area contributed by atoms with Crippen LogP contribution in [-0.2, 0) is 22.6 Å². The van der Waals surface area contributed by atoms with Crippen molar-refractivity contribution in [1.82, 2.24) is 4.90 Å². The van der Waals surface area contributed by atoms with Crippen molar-refractivity contribution in [2.75, 3.05) is 5.75 Å². The van der Waals surface area contributed by atoms with Gasteiger partial charge in [0, 0.05) is 22.1 Å². The molecule has 0 bridgehead atoms. The van der Waals surface area contributed by atoms with Crippen LogP contribution < -0.4 is 0 Å². The van der Waals surface area contributed by atoms with Gasteiger partial charge >= 0.3 is 5.97 Å². The maximum Gasteiger partial charge on any atom is 0.335 e. The Balaban J connectivity index is 1.20. The molecule has 2 aliphatic heterocycles. The Kier molecular flexibility index (Phi) is 8.63. The summed E-state index contributed by atoms with van der Waals surface area (Å²) in [4.78, 5) is 39.1. The van der Waals surface area contributed by atoms with E-state index in [1.165, 1.54) is 4.90 Å². The van der Waals surface area contributed by atoms with Gasteiger partial charge in [-0.2, -0.15) is 0 Å². The van der Waals surface area contributed by atoms with Crippen LogP contribution in [0.1, 0.15) is 72.6 Å². The fourth-order valence-electron chi connectivity index (χ4n) is 5.53. The molecule has 0 radical (unpaired) electrons. The van der Waals surface area contributed by atoms with E-state index in [1.807, 2.05) is 48.5 Å². The number of rotatable bonds is 9. The lowest BCUT2D eigenvalue weighted by Crippen LogP contribution is -2.38. The average Bonchev–Trinajstić information content (AvgIpc) is 3.29. The molecule has 0 aliphatic carbocycles. The van der Waals surface area contributed by atoms with Crippen LogP contribution in [0.5, 0.6) is 0 Å². The van der Waals surface area contributed by atoms with Gasteiger partial charge in [-0.15, -0.1) is 11.8 Å². The zero-order chi connectivity index (χ0) is 30.8. The SMILES string of the molecule is CC1C(CSc2ccc(C(=O)O)cc2)OC(c2ccc(CN3C(=O)c4ccccc4C3=O)cc2)OC1c1ccc(CO)cc1. The molecule has 0 saturated carbocycles. The fraction of sp³-hybridized carbons (Fsp3) is 0.229. The quantitative estimate of drug-likeness (QED) is 0.169. The summed E-state index contributed by atoms with van der Waals surface area (Å²) in [6, 6.07) is 28.9. The number of hydrogen-bond acceptors (Lipinski definition) is 7. The molecule has 4 unspecified atom stereocenters. The maximum absolute atomic E-state index is 12.8. The lowest BCUT2D eigenvalue weighted by molar-refractivity contribution is -0.268. The van der Waals surface area contributed by atoms with Crippen molar-refractivity contribution in [3.8, 4) is 0 Å². The Bertz CT molecular complexity index is 1640. The number of thioether (sulfide) groups is 1. The lowest BCUT2D eigenvalue weighted by atomic mass is 9.91. The van der Waals surface area contributed by atoms with E-state index in [-0.39, 0.29) is 48.7 Å². The molecule has 2 heterocycles. The summed E-state index contributed by atoms with van der Waals surface area (Å²) in [5.41, 5.74) is 4.49. The Labute approximate surface area is 259 Å². The number of ether oxygens (including phenoxy) is 2. The van der Waals surface area contributed by atoms with E-state index in [1.54, 1.807) is 60.3 Å². The van der Waals surface area contributed by atoms with E-state index in [4.69, 9.17) is 9.47 Å². The third kappa shape index (κ3) is 6.05. The summed E-state index contributed by atoms with van der Waals surface area (Å²) in [6.07, 6.45) is -1.14. The van der Waals surface area contributed by atoms with Crippen LogP contribution >= 0.6 is 11.8 Å². The Morgan fingerprint density at radius 1 is 0.795 bits per heavy atom. The van der Waals surface area contributed by atoms with Crippen molar-refractivity contribution in [3.63, 3.8) is 0 Å². The molecule has 1 fully saturated rings. The van der Waals surface area contributed by atoms with Gasteiger partial charge in [-0.05, 0) is 53.1 Å². The largest absolute Gasteiger partial charge is 0.478 e. The zero-order valence-corrected chi connectivity index (χ0v) is 24.8. The predicted molar refractivity (Wildman–Crippen MR) is 164 cm³/mol. The van der Waals surface area contributed by atoms with Gasteiger partial charge in [0.1, 0.15) is 0 Å². The van der Waals surface area contributed by atoms with Crippen molar-refractivity contribution in [2.45, 2.75) is 43.5 Å². The highest BCUT2D eigenvalue weighted by Crippen LogP contribution is 2.43. The van der Waals surface area contributed by atoms with Crippen molar-refractivity contribution < 1.29 is 34.1 Å². The highest BCUT2D eigenvalue weighted by atomic mass is 32.2. The van der Waals surface area contributed by atoms with Crippen LogP contribution in [0.15, 0.2) is 102 Å². The van der Waals surface area contributed by atoms with E-state index in [0.717, 1.165) is 27.1 Å². The van der Waals surface area contributed by atoms with Gasteiger partial charge in [0.15, 0.2) is 6.29 Å². The summed E-state index contributed by atoms with van der Waals surface area (Å²) in [5.74, 6) is -0.942. The molecular formula is C35H31NO7S. The number of aliphatic hydroxyl groups excluding tert-OH is 1. The molecule has 4 aromatic carbocycles. The summed E-state index contributed by atoms with van der Waals surface area (Å²) in [5, 5.41) is 18.7. The van der Waals surface area contributed by atoms with Crippen LogP contribution in [0, 0.1) is 5.92 Å². The first kappa shape index (κ1) is 29.8. The normalized spacial score (nSPS) is 21.4. The number of carbonyl (C=O) groups is 3. The second-order valence-corrected chi connectivity index (χ2v) is 12.0. The lowest BCUT2D eigenvalue weighted by Gasteiger charge is -2.41. The maximum atomic E-state index is 12.8. The van der Waals surface area contributed by atoms with Gasteiger partial charge < -0.3 is 19.7 Å². The molecule has 8 nitrogen and oxygen atoms in total. The first-order valence-corrected chi connectivity index (χ1v) is 15.3. The van der Waals surface area contributed by atoms with E-state index in [0.29, 0.717) is 16.9 Å². The van der Waals surface area contributed by atoms with Gasteiger partial charge in [-0.1, -0.05) is 67.6 Å². The molecule has 2 N–H and O–H groups in total. The molecular weight excluding hydrogens is 578 g/mol. The van der Waals surface area contributed by atoms with E-state index in [2.05, 4.69) is 6.92 Å². The number of amides is 2. The third-order valence-electron chi connectivity index (χ3n) is 8.11. The zero-order valence-electron chi connectivity index (χ0n) is 24.0. The summed E-state index contributed by atoms with van der Waals surface area (Å²) < 4.78 is 13.1. The van der Waals surface area contributed by atoms with Crippen molar-refractivity contribution in [2.24, 2.45) is 5.92 Å². The van der Waals surface area contributed by atoms with Gasteiger partial charge in [-0.3, -0.25) is 14.5 Å². The average molecular weight is 610 g/mol. The highest BCUT2D eigenvalue weighted by Gasteiger charge is 2.39. The van der Waals surface area contributed by atoms with Crippen LogP contribution in [0.3, 0.4) is 0 Å². The summed E-state index contributed by atoms with van der Waals surface area (Å²) in [6.45, 7) is 2.21. The van der Waals surface area contributed by atoms with E-state index in [9.17, 15) is 24.6 Å². The predicted octanol–water partition coefficient (Wildman–Crippen LogP) is 6.26. The molecule has 2 amide bonds. The van der Waals surface area contributed by atoms with Crippen LogP contribution in [0.2, 0.25) is 0 Å². The number of nitrogens with zero attached hydrogens (tertiary/aromatic N) is 1. The first-order valence-electron chi connectivity index (χ1n) is 14.3. The molecule has 4 aromatic rings. The minimum absolute atomic E-state index is 0.00915. The number of aliphatic hydroxyl groups is 1. The van der Waals surface area contributed by atoms with Gasteiger partial charge in [-0.25, -0.2) is 4.79 Å². The molecule has 6 rings (SSSR count). The topological polar surface area (TPSA) is 113 Å². The summed E-state index contributed by atoms with van der Waals surface area (Å²) >= 11 is 1.59. The number of benzene rings is 4. The van der Waals surface area contributed by atoms with Crippen LogP contribution in [-0.4, -0.2) is 44.8 Å². The number of fused-ring (bicyclic) bond motifs is 1.